The summed E-state index contributed by atoms with van der Waals surface area (Å²) < 4.78 is 39.0. The first-order valence-corrected chi connectivity index (χ1v) is 5.15. The molecule has 0 bridgehead atoms. The number of hydrogen-bond acceptors (Lipinski definition) is 3. The number of hydrogen-bond donors (Lipinski definition) is 2. The monoisotopic (exact) mass is 267 g/mol. The van der Waals surface area contributed by atoms with E-state index in [1.165, 1.54) is 0 Å². The van der Waals surface area contributed by atoms with Crippen molar-refractivity contribution in [2.45, 2.75) is 0 Å². The molecule has 0 aliphatic rings. The molecule has 7 heteroatoms. The van der Waals surface area contributed by atoms with Gasteiger partial charge in [0.25, 0.3) is 5.91 Å². The van der Waals surface area contributed by atoms with E-state index in [1.807, 2.05) is 0 Å². The van der Waals surface area contributed by atoms with Crippen LogP contribution >= 0.6 is 0 Å². The quantitative estimate of drug-likeness (QED) is 0.877. The van der Waals surface area contributed by atoms with Gasteiger partial charge in [0.05, 0.1) is 17.4 Å². The van der Waals surface area contributed by atoms with Crippen LogP contribution in [0.25, 0.3) is 0 Å². The van der Waals surface area contributed by atoms with E-state index in [0.717, 1.165) is 24.4 Å². The summed E-state index contributed by atoms with van der Waals surface area (Å²) >= 11 is 0. The third kappa shape index (κ3) is 2.82. The van der Waals surface area contributed by atoms with E-state index in [-0.39, 0.29) is 17.1 Å². The van der Waals surface area contributed by atoms with Crippen LogP contribution in [0.4, 0.5) is 24.7 Å². The van der Waals surface area contributed by atoms with Crippen molar-refractivity contribution in [3.63, 3.8) is 0 Å². The molecular formula is C12H8F3N3O. The summed E-state index contributed by atoms with van der Waals surface area (Å²) in [6, 6.07) is 3.51. The summed E-state index contributed by atoms with van der Waals surface area (Å²) in [7, 11) is 0. The summed E-state index contributed by atoms with van der Waals surface area (Å²) in [5, 5.41) is 2.15. The van der Waals surface area contributed by atoms with Gasteiger partial charge in [-0.05, 0) is 18.2 Å². The molecule has 0 unspecified atom stereocenters. The van der Waals surface area contributed by atoms with E-state index < -0.39 is 23.4 Å². The van der Waals surface area contributed by atoms with Crippen LogP contribution in [0.15, 0.2) is 30.5 Å². The molecule has 0 spiro atoms. The van der Waals surface area contributed by atoms with Crippen LogP contribution in [0.1, 0.15) is 10.4 Å². The van der Waals surface area contributed by atoms with Gasteiger partial charge in [-0.25, -0.2) is 18.2 Å². The van der Waals surface area contributed by atoms with E-state index in [9.17, 15) is 18.0 Å². The number of aromatic nitrogens is 1. The molecule has 3 N–H and O–H groups in total. The van der Waals surface area contributed by atoms with Crippen LogP contribution in [0, 0.1) is 17.5 Å². The third-order valence-electron chi connectivity index (χ3n) is 2.31. The molecule has 0 fully saturated rings. The number of nitrogens with zero attached hydrogens (tertiary/aromatic N) is 1. The molecule has 19 heavy (non-hydrogen) atoms. The molecule has 0 atom stereocenters. The zero-order valence-electron chi connectivity index (χ0n) is 9.45. The summed E-state index contributed by atoms with van der Waals surface area (Å²) in [5.74, 6) is -3.51. The Balaban J connectivity index is 2.28. The molecule has 1 heterocycles. The molecule has 0 radical (unpaired) electrons. The first-order valence-electron chi connectivity index (χ1n) is 5.15. The normalized spacial score (nSPS) is 10.3. The molecule has 98 valence electrons. The Morgan fingerprint density at radius 3 is 2.58 bits per heavy atom. The molecule has 2 rings (SSSR count). The van der Waals surface area contributed by atoms with Gasteiger partial charge in [-0.3, -0.25) is 4.79 Å². The standard InChI is InChI=1S/C12H8F3N3O/c13-6-1-2-10(9(15)4-6)18-12(19)8-3-7(14)5-17-11(8)16/h1-5H,(H2,16,17)(H,18,19). The van der Waals surface area contributed by atoms with E-state index in [2.05, 4.69) is 10.3 Å². The Kier molecular flexibility index (Phi) is 3.37. The number of carbonyl (C=O) groups is 1. The fourth-order valence-corrected chi connectivity index (χ4v) is 1.41. The zero-order chi connectivity index (χ0) is 14.0. The van der Waals surface area contributed by atoms with Crippen LogP contribution < -0.4 is 11.1 Å². The Morgan fingerprint density at radius 1 is 1.16 bits per heavy atom. The number of halogens is 3. The maximum atomic E-state index is 13.3. The first-order chi connectivity index (χ1) is 8.97. The van der Waals surface area contributed by atoms with Crippen LogP contribution in [-0.4, -0.2) is 10.9 Å². The van der Waals surface area contributed by atoms with Crippen molar-refractivity contribution < 1.29 is 18.0 Å². The van der Waals surface area contributed by atoms with E-state index in [1.54, 1.807) is 0 Å². The lowest BCUT2D eigenvalue weighted by Crippen LogP contribution is -2.16. The molecule has 0 saturated carbocycles. The van der Waals surface area contributed by atoms with Gasteiger partial charge < -0.3 is 11.1 Å². The Bertz CT molecular complexity index is 646. The highest BCUT2D eigenvalue weighted by Gasteiger charge is 2.14. The highest BCUT2D eigenvalue weighted by molar-refractivity contribution is 6.07. The number of pyridine rings is 1. The van der Waals surface area contributed by atoms with Gasteiger partial charge in [-0.1, -0.05) is 0 Å². The molecule has 1 amide bonds. The van der Waals surface area contributed by atoms with Crippen LogP contribution in [0.5, 0.6) is 0 Å². The number of nitrogens with two attached hydrogens (primary N) is 1. The maximum Gasteiger partial charge on any atom is 0.259 e. The number of nitrogen functional groups attached to an aromatic ring is 1. The highest BCUT2D eigenvalue weighted by atomic mass is 19.1. The van der Waals surface area contributed by atoms with Crippen LogP contribution in [0.3, 0.4) is 0 Å². The smallest absolute Gasteiger partial charge is 0.259 e. The van der Waals surface area contributed by atoms with Gasteiger partial charge in [0, 0.05) is 6.07 Å². The van der Waals surface area contributed by atoms with Gasteiger partial charge in [-0.2, -0.15) is 0 Å². The fourth-order valence-electron chi connectivity index (χ4n) is 1.41. The Hall–Kier alpha value is -2.57. The SMILES string of the molecule is Nc1ncc(F)cc1C(=O)Nc1ccc(F)cc1F. The molecule has 1 aromatic carbocycles. The van der Waals surface area contributed by atoms with E-state index in [0.29, 0.717) is 6.07 Å². The van der Waals surface area contributed by atoms with Crippen molar-refractivity contribution in [2.24, 2.45) is 0 Å². The molecular weight excluding hydrogens is 259 g/mol. The summed E-state index contributed by atoms with van der Waals surface area (Å²) in [6.45, 7) is 0. The third-order valence-corrected chi connectivity index (χ3v) is 2.31. The summed E-state index contributed by atoms with van der Waals surface area (Å²) in [6.07, 6.45) is 0.852. The van der Waals surface area contributed by atoms with Gasteiger partial charge >= 0.3 is 0 Å². The van der Waals surface area contributed by atoms with Crippen LogP contribution in [-0.2, 0) is 0 Å². The van der Waals surface area contributed by atoms with Crippen molar-refractivity contribution in [2.75, 3.05) is 11.1 Å². The van der Waals surface area contributed by atoms with Gasteiger partial charge in [-0.15, -0.1) is 0 Å². The highest BCUT2D eigenvalue weighted by Crippen LogP contribution is 2.17. The fraction of sp³-hybridized carbons (Fsp3) is 0. The van der Waals surface area contributed by atoms with Crippen molar-refractivity contribution in [1.29, 1.82) is 0 Å². The van der Waals surface area contributed by atoms with E-state index in [4.69, 9.17) is 5.73 Å². The number of anilines is 2. The minimum atomic E-state index is -0.948. The Morgan fingerprint density at radius 2 is 1.89 bits per heavy atom. The minimum Gasteiger partial charge on any atom is -0.383 e. The molecule has 0 saturated heterocycles. The molecule has 1 aromatic heterocycles. The summed E-state index contributed by atoms with van der Waals surface area (Å²) in [5.41, 5.74) is 4.94. The molecule has 4 nitrogen and oxygen atoms in total. The van der Waals surface area contributed by atoms with Crippen LogP contribution in [0.2, 0.25) is 0 Å². The number of nitrogens with one attached hydrogen (secondary N) is 1. The molecule has 0 aliphatic carbocycles. The number of amides is 1. The van der Waals surface area contributed by atoms with Gasteiger partial charge in [0.15, 0.2) is 0 Å². The average Bonchev–Trinajstić information content (AvgIpc) is 2.35. The van der Waals surface area contributed by atoms with Crippen molar-refractivity contribution in [3.05, 3.63) is 53.5 Å². The Labute approximate surface area is 106 Å². The number of benzene rings is 1. The molecule has 0 aliphatic heterocycles. The minimum absolute atomic E-state index is 0.193. The lowest BCUT2D eigenvalue weighted by Gasteiger charge is -2.07. The second-order valence-electron chi connectivity index (χ2n) is 3.66. The largest absolute Gasteiger partial charge is 0.383 e. The van der Waals surface area contributed by atoms with Crippen molar-refractivity contribution in [3.8, 4) is 0 Å². The predicted molar refractivity (Wildman–Crippen MR) is 62.9 cm³/mol. The van der Waals surface area contributed by atoms with Gasteiger partial charge in [0.2, 0.25) is 0 Å². The lowest BCUT2D eigenvalue weighted by molar-refractivity contribution is 0.102. The van der Waals surface area contributed by atoms with Gasteiger partial charge in [0.1, 0.15) is 23.3 Å². The molecule has 2 aromatic rings. The average molecular weight is 267 g/mol. The summed E-state index contributed by atoms with van der Waals surface area (Å²) in [4.78, 5) is 15.2. The van der Waals surface area contributed by atoms with Crippen molar-refractivity contribution in [1.82, 2.24) is 4.98 Å². The predicted octanol–water partition coefficient (Wildman–Crippen LogP) is 2.33. The maximum absolute atomic E-state index is 13.3. The lowest BCUT2D eigenvalue weighted by atomic mass is 10.2. The second kappa shape index (κ2) is 4.97. The second-order valence-corrected chi connectivity index (χ2v) is 3.66. The van der Waals surface area contributed by atoms with E-state index >= 15 is 0 Å². The topological polar surface area (TPSA) is 68.0 Å². The first kappa shape index (κ1) is 12.9. The number of carbonyl (C=O) groups excluding carboxylic acids is 1. The van der Waals surface area contributed by atoms with Crippen molar-refractivity contribution >= 4 is 17.4 Å². The number of rotatable bonds is 2. The zero-order valence-corrected chi connectivity index (χ0v) is 9.45.